The van der Waals surface area contributed by atoms with Crippen molar-refractivity contribution in [2.24, 2.45) is 0 Å². The molecule has 4 aromatic rings. The smallest absolute Gasteiger partial charge is 0.170 e. The van der Waals surface area contributed by atoms with Crippen molar-refractivity contribution in [3.8, 4) is 23.0 Å². The molecule has 2 heterocycles. The molecule has 1 N–H and O–H groups in total. The fourth-order valence-corrected chi connectivity index (χ4v) is 4.92. The first-order valence-corrected chi connectivity index (χ1v) is 11.8. The van der Waals surface area contributed by atoms with E-state index in [1.54, 1.807) is 11.3 Å². The van der Waals surface area contributed by atoms with Gasteiger partial charge in [0, 0.05) is 31.1 Å². The average Bonchev–Trinajstić information content (AvgIpc) is 3.37. The predicted molar refractivity (Wildman–Crippen MR) is 145 cm³/mol. The van der Waals surface area contributed by atoms with Crippen LogP contribution in [0.1, 0.15) is 16.5 Å². The van der Waals surface area contributed by atoms with E-state index < -0.39 is 0 Å². The highest BCUT2D eigenvalue weighted by Crippen LogP contribution is 2.40. The number of hydrogen-bond acceptors (Lipinski definition) is 5. The summed E-state index contributed by atoms with van der Waals surface area (Å²) < 4.78 is 12.5. The Labute approximate surface area is 217 Å². The molecule has 1 atom stereocenters. The zero-order valence-electron chi connectivity index (χ0n) is 18.6. The van der Waals surface area contributed by atoms with Crippen molar-refractivity contribution in [1.82, 2.24) is 10.2 Å². The molecule has 1 fully saturated rings. The molecule has 0 unspecified atom stereocenters. The molecule has 1 aromatic heterocycles. The fourth-order valence-electron chi connectivity index (χ4n) is 4.03. The van der Waals surface area contributed by atoms with E-state index in [0.29, 0.717) is 11.5 Å². The van der Waals surface area contributed by atoms with E-state index in [1.807, 2.05) is 66.7 Å². The maximum absolute atomic E-state index is 6.32. The molecule has 1 aliphatic rings. The normalized spacial score (nSPS) is 14.4. The van der Waals surface area contributed by atoms with Crippen molar-refractivity contribution < 1.29 is 9.47 Å². The Morgan fingerprint density at radius 2 is 1.32 bits per heavy atom. The second-order valence-electron chi connectivity index (χ2n) is 7.74. The van der Waals surface area contributed by atoms with E-state index in [4.69, 9.17) is 9.47 Å². The minimum Gasteiger partial charge on any atom is -0.453 e. The monoisotopic (exact) mass is 514 g/mol. The summed E-state index contributed by atoms with van der Waals surface area (Å²) in [6.45, 7) is 4.04. The fraction of sp³-hybridized carbons (Fsp3) is 0.185. The molecular weight excluding hydrogens is 487 g/mol. The maximum atomic E-state index is 6.32. The maximum Gasteiger partial charge on any atom is 0.170 e. The molecule has 0 saturated carbocycles. The van der Waals surface area contributed by atoms with Crippen LogP contribution in [0.15, 0.2) is 96.4 Å². The third kappa shape index (κ3) is 6.32. The number of para-hydroxylation sites is 2. The van der Waals surface area contributed by atoms with Gasteiger partial charge in [0.1, 0.15) is 11.5 Å². The number of nitrogens with one attached hydrogen (secondary N) is 1. The summed E-state index contributed by atoms with van der Waals surface area (Å²) in [5, 5.41) is 5.62. The summed E-state index contributed by atoms with van der Waals surface area (Å²) in [5.74, 6) is 3.00. The van der Waals surface area contributed by atoms with Crippen molar-refractivity contribution in [3.63, 3.8) is 0 Å². The lowest BCUT2D eigenvalue weighted by Crippen LogP contribution is -2.45. The van der Waals surface area contributed by atoms with Crippen LogP contribution in [0.2, 0.25) is 0 Å². The van der Waals surface area contributed by atoms with Crippen LogP contribution in [0.25, 0.3) is 0 Å². The number of ether oxygens (including phenoxy) is 2. The zero-order chi connectivity index (χ0) is 21.6. The van der Waals surface area contributed by atoms with Gasteiger partial charge in [0.05, 0.1) is 6.04 Å². The van der Waals surface area contributed by atoms with Crippen molar-refractivity contribution in [2.45, 2.75) is 6.04 Å². The van der Waals surface area contributed by atoms with Gasteiger partial charge in [-0.1, -0.05) is 48.5 Å². The summed E-state index contributed by atoms with van der Waals surface area (Å²) in [6.07, 6.45) is 0. The molecule has 0 aliphatic carbocycles. The largest absolute Gasteiger partial charge is 0.453 e. The number of nitrogens with zero attached hydrogens (tertiary/aromatic N) is 1. The average molecular weight is 516 g/mol. The molecule has 0 spiro atoms. The lowest BCUT2D eigenvalue weighted by molar-refractivity contribution is 0.200. The molecule has 0 radical (unpaired) electrons. The number of thiophene rings is 1. The molecular formula is C27H28Cl2N2O2S. The molecule has 7 heteroatoms. The number of piperazine rings is 1. The van der Waals surface area contributed by atoms with Crippen LogP contribution in [0.4, 0.5) is 0 Å². The summed E-state index contributed by atoms with van der Waals surface area (Å²) in [4.78, 5) is 3.89. The number of rotatable bonds is 7. The number of halogens is 2. The lowest BCUT2D eigenvalue weighted by atomic mass is 10.0. The molecule has 0 amide bonds. The van der Waals surface area contributed by atoms with Crippen LogP contribution in [-0.4, -0.2) is 31.1 Å². The first kappa shape index (κ1) is 26.1. The van der Waals surface area contributed by atoms with Gasteiger partial charge in [-0.05, 0) is 53.4 Å². The Morgan fingerprint density at radius 1 is 0.706 bits per heavy atom. The van der Waals surface area contributed by atoms with E-state index in [0.717, 1.165) is 37.7 Å². The SMILES string of the molecule is Cl.Cl.c1ccc(Oc2ccc([C@H](c3cccs3)N3CCNCC3)cc2Oc2ccccc2)cc1. The van der Waals surface area contributed by atoms with Gasteiger partial charge < -0.3 is 14.8 Å². The van der Waals surface area contributed by atoms with Crippen LogP contribution in [0, 0.1) is 0 Å². The predicted octanol–water partition coefficient (Wildman–Crippen LogP) is 7.17. The summed E-state index contributed by atoms with van der Waals surface area (Å²) >= 11 is 1.80. The van der Waals surface area contributed by atoms with E-state index in [9.17, 15) is 0 Å². The van der Waals surface area contributed by atoms with Gasteiger partial charge in [0.25, 0.3) is 0 Å². The van der Waals surface area contributed by atoms with E-state index in [2.05, 4.69) is 39.9 Å². The van der Waals surface area contributed by atoms with Crippen LogP contribution in [0.5, 0.6) is 23.0 Å². The Balaban J connectivity index is 0.00000162. The highest BCUT2D eigenvalue weighted by atomic mass is 35.5. The van der Waals surface area contributed by atoms with Crippen molar-refractivity contribution in [2.75, 3.05) is 26.2 Å². The molecule has 0 bridgehead atoms. The van der Waals surface area contributed by atoms with E-state index in [1.165, 1.54) is 10.4 Å². The molecule has 5 rings (SSSR count). The Morgan fingerprint density at radius 3 is 1.91 bits per heavy atom. The van der Waals surface area contributed by atoms with Crippen molar-refractivity contribution in [1.29, 1.82) is 0 Å². The van der Waals surface area contributed by atoms with Crippen LogP contribution in [-0.2, 0) is 0 Å². The number of hydrogen-bond donors (Lipinski definition) is 1. The Kier molecular flexibility index (Phi) is 9.81. The molecule has 3 aromatic carbocycles. The minimum absolute atomic E-state index is 0. The molecule has 1 aliphatic heterocycles. The topological polar surface area (TPSA) is 33.7 Å². The summed E-state index contributed by atoms with van der Waals surface area (Å²) in [5.41, 5.74) is 1.21. The van der Waals surface area contributed by atoms with Crippen LogP contribution >= 0.6 is 36.2 Å². The zero-order valence-corrected chi connectivity index (χ0v) is 21.1. The third-order valence-electron chi connectivity index (χ3n) is 5.55. The Hall–Kier alpha value is -2.54. The number of benzene rings is 3. The molecule has 1 saturated heterocycles. The summed E-state index contributed by atoms with van der Waals surface area (Å²) in [6, 6.07) is 30.6. The highest BCUT2D eigenvalue weighted by Gasteiger charge is 2.26. The standard InChI is InChI=1S/C27H26N2O2S.2ClH/c1-3-8-22(9-4-1)30-24-14-13-21(20-25(24)31-23-10-5-2-6-11-23)27(26-12-7-19-32-26)29-17-15-28-16-18-29;;/h1-14,19-20,27-28H,15-18H2;2*1H/t27-;;/m1../s1. The van der Waals surface area contributed by atoms with Gasteiger partial charge in [-0.2, -0.15) is 0 Å². The van der Waals surface area contributed by atoms with Gasteiger partial charge in [-0.25, -0.2) is 0 Å². The van der Waals surface area contributed by atoms with E-state index in [-0.39, 0.29) is 30.9 Å². The second kappa shape index (κ2) is 12.8. The molecule has 4 nitrogen and oxygen atoms in total. The van der Waals surface area contributed by atoms with Gasteiger partial charge >= 0.3 is 0 Å². The first-order chi connectivity index (χ1) is 15.9. The molecule has 178 valence electrons. The summed E-state index contributed by atoms with van der Waals surface area (Å²) in [7, 11) is 0. The minimum atomic E-state index is 0. The van der Waals surface area contributed by atoms with Crippen LogP contribution in [0.3, 0.4) is 0 Å². The first-order valence-electron chi connectivity index (χ1n) is 10.9. The highest BCUT2D eigenvalue weighted by molar-refractivity contribution is 7.10. The van der Waals surface area contributed by atoms with E-state index >= 15 is 0 Å². The van der Waals surface area contributed by atoms with Crippen LogP contribution < -0.4 is 14.8 Å². The third-order valence-corrected chi connectivity index (χ3v) is 6.48. The van der Waals surface area contributed by atoms with Gasteiger partial charge in [0.15, 0.2) is 11.5 Å². The van der Waals surface area contributed by atoms with Gasteiger partial charge in [0.2, 0.25) is 0 Å². The lowest BCUT2D eigenvalue weighted by Gasteiger charge is -2.35. The van der Waals surface area contributed by atoms with Gasteiger partial charge in [-0.15, -0.1) is 36.2 Å². The van der Waals surface area contributed by atoms with Crippen molar-refractivity contribution >= 4 is 36.2 Å². The van der Waals surface area contributed by atoms with Crippen molar-refractivity contribution in [3.05, 3.63) is 107 Å². The van der Waals surface area contributed by atoms with Gasteiger partial charge in [-0.3, -0.25) is 4.90 Å². The quantitative estimate of drug-likeness (QED) is 0.283. The second-order valence-corrected chi connectivity index (χ2v) is 8.72. The molecule has 34 heavy (non-hydrogen) atoms. The Bertz CT molecular complexity index is 1120.